The average molecular weight is 341 g/mol. The highest BCUT2D eigenvalue weighted by Crippen LogP contribution is 2.09. The minimum atomic E-state index is -0.412. The van der Waals surface area contributed by atoms with Gasteiger partial charge in [-0.15, -0.1) is 0 Å². The number of carbonyl (C=O) groups excluding carboxylic acids is 1. The number of amides is 1. The highest BCUT2D eigenvalue weighted by molar-refractivity contribution is 5.90. The first-order valence-electron chi connectivity index (χ1n) is 7.95. The van der Waals surface area contributed by atoms with E-state index in [0.717, 1.165) is 10.3 Å². The number of hydrogen-bond acceptors (Lipinski definition) is 4. The summed E-state index contributed by atoms with van der Waals surface area (Å²) < 4.78 is 4.09. The molecule has 0 atom stereocenters. The van der Waals surface area contributed by atoms with E-state index in [9.17, 15) is 14.4 Å². The Balaban J connectivity index is 1.71. The molecule has 8 nitrogen and oxygen atoms in total. The second-order valence-corrected chi connectivity index (χ2v) is 5.83. The lowest BCUT2D eigenvalue weighted by molar-refractivity contribution is -0.116. The summed E-state index contributed by atoms with van der Waals surface area (Å²) >= 11 is 0. The summed E-state index contributed by atoms with van der Waals surface area (Å²) in [6.45, 7) is 0.464. The van der Waals surface area contributed by atoms with Gasteiger partial charge in [-0.2, -0.15) is 0 Å². The number of para-hydroxylation sites is 1. The molecule has 0 saturated carbocycles. The van der Waals surface area contributed by atoms with Gasteiger partial charge in [0.2, 0.25) is 5.91 Å². The molecule has 0 unspecified atom stereocenters. The smallest absolute Gasteiger partial charge is 0.326 e. The van der Waals surface area contributed by atoms with Crippen LogP contribution in [0.1, 0.15) is 12.8 Å². The predicted octanol–water partition coefficient (Wildman–Crippen LogP) is 0.853. The van der Waals surface area contributed by atoms with Crippen LogP contribution in [0.3, 0.4) is 0 Å². The third kappa shape index (κ3) is 3.23. The van der Waals surface area contributed by atoms with Crippen molar-refractivity contribution in [2.75, 3.05) is 5.32 Å². The predicted molar refractivity (Wildman–Crippen MR) is 94.5 cm³/mol. The fourth-order valence-corrected chi connectivity index (χ4v) is 2.72. The summed E-state index contributed by atoms with van der Waals surface area (Å²) in [6.07, 6.45) is 2.40. The van der Waals surface area contributed by atoms with Crippen molar-refractivity contribution in [2.24, 2.45) is 14.1 Å². The second kappa shape index (κ2) is 6.76. The van der Waals surface area contributed by atoms with E-state index in [1.807, 2.05) is 30.3 Å². The molecule has 0 bridgehead atoms. The molecule has 25 heavy (non-hydrogen) atoms. The van der Waals surface area contributed by atoms with Crippen LogP contribution >= 0.6 is 0 Å². The Morgan fingerprint density at radius 3 is 2.56 bits per heavy atom. The molecular weight excluding hydrogens is 322 g/mol. The molecule has 0 aliphatic heterocycles. The molecule has 0 radical (unpaired) electrons. The van der Waals surface area contributed by atoms with Gasteiger partial charge in [0.1, 0.15) is 0 Å². The minimum Gasteiger partial charge on any atom is -0.326 e. The van der Waals surface area contributed by atoms with E-state index < -0.39 is 5.69 Å². The topological polar surface area (TPSA) is 90.9 Å². The lowest BCUT2D eigenvalue weighted by atomic mass is 10.2. The number of fused-ring (bicyclic) bond motifs is 1. The van der Waals surface area contributed by atoms with Gasteiger partial charge in [-0.1, -0.05) is 18.2 Å². The average Bonchev–Trinajstić information content (AvgIpc) is 3.03. The van der Waals surface area contributed by atoms with Crippen molar-refractivity contribution in [1.29, 1.82) is 0 Å². The Morgan fingerprint density at radius 1 is 1.12 bits per heavy atom. The first kappa shape index (κ1) is 16.7. The summed E-state index contributed by atoms with van der Waals surface area (Å²) in [5.74, 6) is -0.0871. The largest absolute Gasteiger partial charge is 0.332 e. The van der Waals surface area contributed by atoms with Crippen molar-refractivity contribution in [2.45, 2.75) is 19.4 Å². The summed E-state index contributed by atoms with van der Waals surface area (Å²) in [5.41, 5.74) is 0.675. The third-order valence-electron chi connectivity index (χ3n) is 4.08. The van der Waals surface area contributed by atoms with Gasteiger partial charge in [-0.25, -0.2) is 9.78 Å². The zero-order chi connectivity index (χ0) is 18.0. The Kier molecular flexibility index (Phi) is 4.51. The summed E-state index contributed by atoms with van der Waals surface area (Å²) in [4.78, 5) is 40.4. The highest BCUT2D eigenvalue weighted by atomic mass is 16.2. The molecule has 0 aliphatic rings. The highest BCUT2D eigenvalue weighted by Gasteiger charge is 2.14. The molecule has 2 heterocycles. The van der Waals surface area contributed by atoms with Crippen molar-refractivity contribution in [3.05, 3.63) is 57.5 Å². The van der Waals surface area contributed by atoms with Crippen molar-refractivity contribution in [3.8, 4) is 0 Å². The van der Waals surface area contributed by atoms with Crippen molar-refractivity contribution in [1.82, 2.24) is 18.7 Å². The summed E-state index contributed by atoms with van der Waals surface area (Å²) in [5, 5.41) is 2.82. The molecule has 8 heteroatoms. The number of imidazole rings is 1. The number of aromatic nitrogens is 4. The molecule has 1 aromatic carbocycles. The quantitative estimate of drug-likeness (QED) is 0.745. The van der Waals surface area contributed by atoms with Crippen LogP contribution in [0.5, 0.6) is 0 Å². The van der Waals surface area contributed by atoms with Crippen LogP contribution in [0.15, 0.2) is 46.2 Å². The van der Waals surface area contributed by atoms with Crippen LogP contribution < -0.4 is 16.6 Å². The van der Waals surface area contributed by atoms with Crippen LogP contribution in [0.2, 0.25) is 0 Å². The van der Waals surface area contributed by atoms with Gasteiger partial charge >= 0.3 is 5.69 Å². The van der Waals surface area contributed by atoms with Crippen molar-refractivity contribution < 1.29 is 4.79 Å². The molecular formula is C17H19N5O3. The van der Waals surface area contributed by atoms with E-state index in [1.165, 1.54) is 17.9 Å². The molecule has 1 N–H and O–H groups in total. The van der Waals surface area contributed by atoms with Crippen LogP contribution in [0.4, 0.5) is 5.69 Å². The van der Waals surface area contributed by atoms with Gasteiger partial charge in [-0.3, -0.25) is 18.7 Å². The van der Waals surface area contributed by atoms with E-state index in [1.54, 1.807) is 11.6 Å². The number of rotatable bonds is 5. The maximum atomic E-state index is 12.3. The third-order valence-corrected chi connectivity index (χ3v) is 4.08. The number of carbonyl (C=O) groups is 1. The first-order chi connectivity index (χ1) is 12.0. The maximum Gasteiger partial charge on any atom is 0.332 e. The van der Waals surface area contributed by atoms with E-state index in [-0.39, 0.29) is 11.5 Å². The Bertz CT molecular complexity index is 1030. The van der Waals surface area contributed by atoms with Crippen LogP contribution in [0.25, 0.3) is 11.2 Å². The van der Waals surface area contributed by atoms with E-state index in [2.05, 4.69) is 10.3 Å². The monoisotopic (exact) mass is 341 g/mol. The number of anilines is 1. The Labute approximate surface area is 143 Å². The minimum absolute atomic E-state index is 0.0871. The fourth-order valence-electron chi connectivity index (χ4n) is 2.72. The van der Waals surface area contributed by atoms with E-state index in [4.69, 9.17) is 0 Å². The zero-order valence-electron chi connectivity index (χ0n) is 14.1. The molecule has 1 amide bonds. The van der Waals surface area contributed by atoms with Gasteiger partial charge in [-0.05, 0) is 18.6 Å². The first-order valence-corrected chi connectivity index (χ1v) is 7.95. The van der Waals surface area contributed by atoms with Gasteiger partial charge in [0, 0.05) is 32.7 Å². The standard InChI is InChI=1S/C17H19N5O3/c1-20-15-14(16(24)21(2)17(20)25)22(11-18-15)10-6-9-13(23)19-12-7-4-3-5-8-12/h3-5,7-8,11H,6,9-10H2,1-2H3,(H,19,23). The van der Waals surface area contributed by atoms with E-state index >= 15 is 0 Å². The van der Waals surface area contributed by atoms with Crippen LogP contribution in [-0.2, 0) is 25.4 Å². The number of nitrogens with one attached hydrogen (secondary N) is 1. The normalized spacial score (nSPS) is 11.0. The lowest BCUT2D eigenvalue weighted by Crippen LogP contribution is -2.37. The van der Waals surface area contributed by atoms with Gasteiger partial charge in [0.25, 0.3) is 5.56 Å². The van der Waals surface area contributed by atoms with Gasteiger partial charge < -0.3 is 9.88 Å². The van der Waals surface area contributed by atoms with Crippen molar-refractivity contribution in [3.63, 3.8) is 0 Å². The van der Waals surface area contributed by atoms with Crippen molar-refractivity contribution >= 4 is 22.8 Å². The van der Waals surface area contributed by atoms with Gasteiger partial charge in [0.15, 0.2) is 11.2 Å². The Hall–Kier alpha value is -3.16. The van der Waals surface area contributed by atoms with Gasteiger partial charge in [0.05, 0.1) is 6.33 Å². The number of benzene rings is 1. The molecule has 0 spiro atoms. The lowest BCUT2D eigenvalue weighted by Gasteiger charge is -2.07. The fraction of sp³-hybridized carbons (Fsp3) is 0.294. The SMILES string of the molecule is Cn1c(=O)c2c(ncn2CCCC(=O)Nc2ccccc2)n(C)c1=O. The number of nitrogens with zero attached hydrogens (tertiary/aromatic N) is 4. The summed E-state index contributed by atoms with van der Waals surface area (Å²) in [7, 11) is 3.02. The second-order valence-electron chi connectivity index (χ2n) is 5.83. The van der Waals surface area contributed by atoms with E-state index in [0.29, 0.717) is 30.6 Å². The molecule has 2 aromatic heterocycles. The summed E-state index contributed by atoms with van der Waals surface area (Å²) in [6, 6.07) is 9.24. The number of aryl methyl sites for hydroxylation is 2. The molecule has 0 aliphatic carbocycles. The van der Waals surface area contributed by atoms with Crippen LogP contribution in [0, 0.1) is 0 Å². The molecule has 3 rings (SSSR count). The maximum absolute atomic E-state index is 12.3. The Morgan fingerprint density at radius 2 is 1.84 bits per heavy atom. The molecule has 0 saturated heterocycles. The van der Waals surface area contributed by atoms with Crippen LogP contribution in [-0.4, -0.2) is 24.6 Å². The molecule has 130 valence electrons. The molecule has 0 fully saturated rings. The zero-order valence-corrected chi connectivity index (χ0v) is 14.1. The number of hydrogen-bond donors (Lipinski definition) is 1. The molecule has 3 aromatic rings.